The van der Waals surface area contributed by atoms with E-state index in [1.54, 1.807) is 12.1 Å². The quantitative estimate of drug-likeness (QED) is 0.502. The Labute approximate surface area is 169 Å². The minimum absolute atomic E-state index is 0.108. The molecule has 0 unspecified atom stereocenters. The first-order chi connectivity index (χ1) is 13.4. The van der Waals surface area contributed by atoms with Gasteiger partial charge in [-0.15, -0.1) is 10.2 Å². The second kappa shape index (κ2) is 8.36. The maximum Gasteiger partial charge on any atom is 0.210 e. The van der Waals surface area contributed by atoms with Gasteiger partial charge in [0.1, 0.15) is 12.4 Å². The summed E-state index contributed by atoms with van der Waals surface area (Å²) in [5.41, 5.74) is 3.09. The van der Waals surface area contributed by atoms with Gasteiger partial charge in [-0.25, -0.2) is 4.68 Å². The number of aromatic nitrogens is 3. The highest BCUT2D eigenvalue weighted by atomic mass is 32.2. The Morgan fingerprint density at radius 1 is 1.07 bits per heavy atom. The Kier molecular flexibility index (Phi) is 5.90. The lowest BCUT2D eigenvalue weighted by molar-refractivity contribution is 0.291. The second-order valence-corrected chi connectivity index (χ2v) is 8.37. The van der Waals surface area contributed by atoms with Crippen LogP contribution in [0.25, 0.3) is 0 Å². The first kappa shape index (κ1) is 19.8. The summed E-state index contributed by atoms with van der Waals surface area (Å²) in [6, 6.07) is 17.6. The smallest absolute Gasteiger partial charge is 0.210 e. The second-order valence-electron chi connectivity index (χ2n) is 7.43. The van der Waals surface area contributed by atoms with Crippen molar-refractivity contribution < 1.29 is 4.74 Å². The molecule has 3 aromatic rings. The van der Waals surface area contributed by atoms with E-state index < -0.39 is 0 Å². The molecule has 0 fully saturated rings. The van der Waals surface area contributed by atoms with E-state index in [4.69, 9.17) is 15.8 Å². The van der Waals surface area contributed by atoms with Crippen LogP contribution in [0.15, 0.2) is 53.7 Å². The number of nitrogens with two attached hydrogens (primary N) is 1. The van der Waals surface area contributed by atoms with E-state index in [-0.39, 0.29) is 12.0 Å². The van der Waals surface area contributed by atoms with Gasteiger partial charge in [0.2, 0.25) is 5.16 Å². The van der Waals surface area contributed by atoms with Crippen LogP contribution in [0.5, 0.6) is 5.75 Å². The first-order valence-electron chi connectivity index (χ1n) is 8.91. The van der Waals surface area contributed by atoms with Crippen LogP contribution in [0.3, 0.4) is 0 Å². The number of thioether (sulfide) groups is 1. The average molecular weight is 394 g/mol. The van der Waals surface area contributed by atoms with Crippen molar-refractivity contribution in [3.63, 3.8) is 0 Å². The molecule has 0 bridgehead atoms. The van der Waals surface area contributed by atoms with Gasteiger partial charge in [0.25, 0.3) is 0 Å². The molecule has 2 N–H and O–H groups in total. The molecule has 0 aliphatic rings. The van der Waals surface area contributed by atoms with Crippen LogP contribution in [-0.4, -0.2) is 14.9 Å². The summed E-state index contributed by atoms with van der Waals surface area (Å²) in [6.07, 6.45) is 0. The van der Waals surface area contributed by atoms with Crippen LogP contribution in [0.1, 0.15) is 43.3 Å². The minimum atomic E-state index is 0.108. The Morgan fingerprint density at radius 3 is 2.36 bits per heavy atom. The Bertz CT molecular complexity index is 966. The highest BCUT2D eigenvalue weighted by Crippen LogP contribution is 2.25. The van der Waals surface area contributed by atoms with Crippen LogP contribution in [0, 0.1) is 11.3 Å². The van der Waals surface area contributed by atoms with E-state index >= 15 is 0 Å². The third-order valence-electron chi connectivity index (χ3n) is 4.27. The van der Waals surface area contributed by atoms with E-state index in [0.29, 0.717) is 22.3 Å². The number of rotatable bonds is 6. The molecule has 0 atom stereocenters. The van der Waals surface area contributed by atoms with Gasteiger partial charge in [0, 0.05) is 5.75 Å². The molecule has 0 aliphatic heterocycles. The molecule has 0 spiro atoms. The fourth-order valence-electron chi connectivity index (χ4n) is 2.53. The number of benzene rings is 2. The van der Waals surface area contributed by atoms with E-state index in [1.165, 1.54) is 22.0 Å². The Morgan fingerprint density at radius 2 is 1.75 bits per heavy atom. The molecule has 7 heteroatoms. The molecular weight excluding hydrogens is 370 g/mol. The van der Waals surface area contributed by atoms with Crippen molar-refractivity contribution in [2.75, 3.05) is 5.84 Å². The molecule has 3 rings (SSSR count). The molecular formula is C21H23N5OS. The van der Waals surface area contributed by atoms with Gasteiger partial charge >= 0.3 is 0 Å². The fourth-order valence-corrected chi connectivity index (χ4v) is 3.36. The monoisotopic (exact) mass is 393 g/mol. The number of ether oxygens (including phenoxy) is 1. The van der Waals surface area contributed by atoms with Gasteiger partial charge < -0.3 is 10.6 Å². The number of nitrogens with zero attached hydrogens (tertiary/aromatic N) is 4. The fraction of sp³-hybridized carbons (Fsp3) is 0.286. The maximum atomic E-state index is 8.85. The lowest BCUT2D eigenvalue weighted by Gasteiger charge is -2.19. The average Bonchev–Trinajstić information content (AvgIpc) is 3.04. The number of nitrogen functional groups attached to an aromatic ring is 1. The van der Waals surface area contributed by atoms with E-state index in [2.05, 4.69) is 49.2 Å². The molecule has 0 amide bonds. The standard InChI is InChI=1S/C21H23N5OS/c1-21(2,3)17-8-10-18(11-9-17)27-13-19-24-25-20(26(19)23)28-14-16-6-4-15(12-22)5-7-16/h4-11H,13-14,23H2,1-3H3. The molecule has 1 heterocycles. The van der Waals surface area contributed by atoms with Crippen LogP contribution >= 0.6 is 11.8 Å². The van der Waals surface area contributed by atoms with Gasteiger partial charge in [-0.05, 0) is 40.8 Å². The first-order valence-corrected chi connectivity index (χ1v) is 9.90. The lowest BCUT2D eigenvalue weighted by atomic mass is 9.87. The Balaban J connectivity index is 1.57. The van der Waals surface area contributed by atoms with Crippen molar-refractivity contribution in [1.29, 1.82) is 5.26 Å². The molecule has 0 saturated carbocycles. The van der Waals surface area contributed by atoms with Crippen molar-refractivity contribution in [1.82, 2.24) is 14.9 Å². The van der Waals surface area contributed by atoms with Crippen molar-refractivity contribution in [3.8, 4) is 11.8 Å². The zero-order valence-corrected chi connectivity index (χ0v) is 17.0. The summed E-state index contributed by atoms with van der Waals surface area (Å²) < 4.78 is 7.26. The maximum absolute atomic E-state index is 8.85. The zero-order chi connectivity index (χ0) is 20.1. The van der Waals surface area contributed by atoms with E-state index in [0.717, 1.165) is 11.3 Å². The summed E-state index contributed by atoms with van der Waals surface area (Å²) in [6.45, 7) is 6.78. The zero-order valence-electron chi connectivity index (χ0n) is 16.2. The largest absolute Gasteiger partial charge is 0.486 e. The summed E-state index contributed by atoms with van der Waals surface area (Å²) in [4.78, 5) is 0. The molecule has 1 aromatic heterocycles. The summed E-state index contributed by atoms with van der Waals surface area (Å²) in [5.74, 6) is 8.12. The van der Waals surface area contributed by atoms with E-state index in [1.807, 2.05) is 24.3 Å². The predicted octanol–water partition coefficient (Wildman–Crippen LogP) is 4.03. The normalized spacial score (nSPS) is 11.2. The van der Waals surface area contributed by atoms with Crippen molar-refractivity contribution >= 4 is 11.8 Å². The summed E-state index contributed by atoms with van der Waals surface area (Å²) in [5, 5.41) is 17.7. The highest BCUT2D eigenvalue weighted by molar-refractivity contribution is 7.98. The van der Waals surface area contributed by atoms with Gasteiger partial charge in [0.05, 0.1) is 11.6 Å². The summed E-state index contributed by atoms with van der Waals surface area (Å²) in [7, 11) is 0. The third-order valence-corrected chi connectivity index (χ3v) is 5.29. The van der Waals surface area contributed by atoms with E-state index in [9.17, 15) is 0 Å². The number of nitriles is 1. The molecule has 0 aliphatic carbocycles. The van der Waals surface area contributed by atoms with Crippen LogP contribution in [-0.2, 0) is 17.8 Å². The molecule has 0 saturated heterocycles. The van der Waals surface area contributed by atoms with Gasteiger partial charge in [-0.3, -0.25) is 0 Å². The van der Waals surface area contributed by atoms with Crippen LogP contribution in [0.4, 0.5) is 0 Å². The van der Waals surface area contributed by atoms with Crippen molar-refractivity contribution in [2.45, 2.75) is 43.7 Å². The lowest BCUT2D eigenvalue weighted by Crippen LogP contribution is -2.16. The molecule has 0 radical (unpaired) electrons. The summed E-state index contributed by atoms with van der Waals surface area (Å²) >= 11 is 1.49. The highest BCUT2D eigenvalue weighted by Gasteiger charge is 2.14. The van der Waals surface area contributed by atoms with Gasteiger partial charge in [-0.2, -0.15) is 5.26 Å². The molecule has 6 nitrogen and oxygen atoms in total. The SMILES string of the molecule is CC(C)(C)c1ccc(OCc2nnc(SCc3ccc(C#N)cc3)n2N)cc1. The van der Waals surface area contributed by atoms with Crippen LogP contribution in [0.2, 0.25) is 0 Å². The number of hydrogen-bond acceptors (Lipinski definition) is 6. The predicted molar refractivity (Wildman–Crippen MR) is 110 cm³/mol. The Hall–Kier alpha value is -2.98. The topological polar surface area (TPSA) is 89.8 Å². The van der Waals surface area contributed by atoms with Crippen molar-refractivity contribution in [3.05, 3.63) is 71.0 Å². The third kappa shape index (κ3) is 4.84. The minimum Gasteiger partial charge on any atom is -0.486 e. The molecule has 2 aromatic carbocycles. The van der Waals surface area contributed by atoms with Crippen LogP contribution < -0.4 is 10.6 Å². The molecule has 28 heavy (non-hydrogen) atoms. The van der Waals surface area contributed by atoms with Gasteiger partial charge in [-0.1, -0.05) is 56.8 Å². The van der Waals surface area contributed by atoms with Gasteiger partial charge in [0.15, 0.2) is 5.82 Å². The number of hydrogen-bond donors (Lipinski definition) is 1. The molecule has 144 valence electrons. The van der Waals surface area contributed by atoms with Crippen molar-refractivity contribution in [2.24, 2.45) is 0 Å².